The Bertz CT molecular complexity index is 358. The molecule has 0 unspecified atom stereocenters. The van der Waals surface area contributed by atoms with E-state index in [-0.39, 0.29) is 18.1 Å². The maximum absolute atomic E-state index is 10.3. The van der Waals surface area contributed by atoms with E-state index in [0.29, 0.717) is 0 Å². The van der Waals surface area contributed by atoms with Crippen LogP contribution in [0.15, 0.2) is 0 Å². The van der Waals surface area contributed by atoms with Crippen LogP contribution in [0.2, 0.25) is 0 Å². The first-order valence-corrected chi connectivity index (χ1v) is 8.17. The Kier molecular flexibility index (Phi) is 5.80. The molecule has 8 nitrogen and oxygen atoms in total. The van der Waals surface area contributed by atoms with E-state index in [1.54, 1.807) is 0 Å². The number of aliphatic hydroxyl groups excluding tert-OH is 4. The predicted molar refractivity (Wildman–Crippen MR) is 63.5 cm³/mol. The molecule has 18 heavy (non-hydrogen) atoms. The molecule has 1 aliphatic heterocycles. The Balaban J connectivity index is 2.46. The second-order valence-electron chi connectivity index (χ2n) is 4.02. The van der Waals surface area contributed by atoms with Gasteiger partial charge in [-0.1, -0.05) is 0 Å². The lowest BCUT2D eigenvalue weighted by atomic mass is 10.2. The van der Waals surface area contributed by atoms with Gasteiger partial charge >= 0.3 is 10.4 Å². The van der Waals surface area contributed by atoms with Crippen LogP contribution in [0.5, 0.6) is 0 Å². The lowest BCUT2D eigenvalue weighted by Gasteiger charge is -2.14. The topological polar surface area (TPSA) is 145 Å². The van der Waals surface area contributed by atoms with Gasteiger partial charge in [0, 0.05) is 10.9 Å². The molecule has 0 saturated carbocycles. The summed E-state index contributed by atoms with van der Waals surface area (Å²) in [6.45, 7) is -0.931. The molecule has 10 heteroatoms. The Hall–Kier alpha value is 0.0600. The highest BCUT2D eigenvalue weighted by Crippen LogP contribution is 2.24. The highest BCUT2D eigenvalue weighted by Gasteiger charge is 2.49. The summed E-state index contributed by atoms with van der Waals surface area (Å²) in [4.78, 5) is 0. The van der Waals surface area contributed by atoms with Crippen molar-refractivity contribution in [1.82, 2.24) is 0 Å². The van der Waals surface area contributed by atoms with Gasteiger partial charge in [0.05, 0.1) is 13.2 Å². The van der Waals surface area contributed by atoms with Gasteiger partial charge in [-0.3, -0.25) is 4.55 Å². The first-order chi connectivity index (χ1) is 8.24. The average molecular weight is 305 g/mol. The van der Waals surface area contributed by atoms with Crippen LogP contribution in [0, 0.1) is 0 Å². The lowest BCUT2D eigenvalue weighted by molar-refractivity contribution is 0.0325. The molecule has 5 N–H and O–H groups in total. The van der Waals surface area contributed by atoms with E-state index < -0.39 is 51.5 Å². The minimum atomic E-state index is -4.60. The van der Waals surface area contributed by atoms with Gasteiger partial charge in [-0.05, 0) is 0 Å². The normalized spacial score (nSPS) is 34.7. The van der Waals surface area contributed by atoms with Gasteiger partial charge in [-0.15, -0.1) is 0 Å². The van der Waals surface area contributed by atoms with Crippen LogP contribution < -0.4 is 0 Å². The third-order valence-electron chi connectivity index (χ3n) is 2.58. The van der Waals surface area contributed by atoms with E-state index in [2.05, 4.69) is 4.18 Å². The number of hydrogen-bond acceptors (Lipinski definition) is 7. The molecule has 1 aliphatic rings. The first-order valence-electron chi connectivity index (χ1n) is 5.17. The van der Waals surface area contributed by atoms with Crippen molar-refractivity contribution >= 4 is 21.3 Å². The zero-order chi connectivity index (χ0) is 13.9. The first kappa shape index (κ1) is 16.1. The highest BCUT2D eigenvalue weighted by atomic mass is 32.3. The van der Waals surface area contributed by atoms with Crippen molar-refractivity contribution in [2.75, 3.05) is 24.7 Å². The van der Waals surface area contributed by atoms with E-state index in [4.69, 9.17) is 9.66 Å². The summed E-state index contributed by atoms with van der Waals surface area (Å²) in [5.41, 5.74) is 0. The predicted octanol–water partition coefficient (Wildman–Crippen LogP) is -3.12. The fourth-order valence-electron chi connectivity index (χ4n) is 1.75. The molecule has 0 amide bonds. The molecular formula is C8H17O8S2+. The zero-order valence-corrected chi connectivity index (χ0v) is 11.0. The van der Waals surface area contributed by atoms with E-state index in [1.165, 1.54) is 0 Å². The van der Waals surface area contributed by atoms with Gasteiger partial charge in [-0.2, -0.15) is 8.42 Å². The SMILES string of the molecule is O=S(=O)(O)OC[C@H](O)C[S@+]1C[C@@H](O)[C@H](O)[C@H]1CO. The molecule has 0 spiro atoms. The second kappa shape index (κ2) is 6.48. The fourth-order valence-corrected chi connectivity index (χ4v) is 4.72. The monoisotopic (exact) mass is 305 g/mol. The van der Waals surface area contributed by atoms with Crippen molar-refractivity contribution in [1.29, 1.82) is 0 Å². The van der Waals surface area contributed by atoms with Crippen molar-refractivity contribution < 1.29 is 37.6 Å². The molecule has 5 atom stereocenters. The third kappa shape index (κ3) is 4.63. The van der Waals surface area contributed by atoms with Gasteiger partial charge in [0.25, 0.3) is 0 Å². The summed E-state index contributed by atoms with van der Waals surface area (Å²) in [5.74, 6) is 0.310. The van der Waals surface area contributed by atoms with Gasteiger partial charge in [0.2, 0.25) is 0 Å². The van der Waals surface area contributed by atoms with Crippen molar-refractivity contribution in [3.8, 4) is 0 Å². The van der Waals surface area contributed by atoms with Crippen molar-refractivity contribution in [2.45, 2.75) is 23.6 Å². The summed E-state index contributed by atoms with van der Waals surface area (Å²) in [6, 6.07) is 0. The quantitative estimate of drug-likeness (QED) is 0.256. The summed E-state index contributed by atoms with van der Waals surface area (Å²) in [6.07, 6.45) is -3.17. The molecule has 0 radical (unpaired) electrons. The number of aliphatic hydroxyl groups is 4. The van der Waals surface area contributed by atoms with E-state index >= 15 is 0 Å². The Morgan fingerprint density at radius 2 is 2.00 bits per heavy atom. The number of hydrogen-bond donors (Lipinski definition) is 5. The summed E-state index contributed by atoms with van der Waals surface area (Å²) in [5, 5.41) is 37.0. The van der Waals surface area contributed by atoms with Gasteiger partial charge < -0.3 is 20.4 Å². The average Bonchev–Trinajstić information content (AvgIpc) is 2.50. The van der Waals surface area contributed by atoms with Crippen LogP contribution in [0.4, 0.5) is 0 Å². The summed E-state index contributed by atoms with van der Waals surface area (Å²) in [7, 11) is -5.24. The summed E-state index contributed by atoms with van der Waals surface area (Å²) >= 11 is 0. The highest BCUT2D eigenvalue weighted by molar-refractivity contribution is 7.97. The largest absolute Gasteiger partial charge is 0.397 e. The molecule has 1 fully saturated rings. The van der Waals surface area contributed by atoms with Crippen LogP contribution in [-0.2, 0) is 25.5 Å². The van der Waals surface area contributed by atoms with E-state index in [9.17, 15) is 23.7 Å². The van der Waals surface area contributed by atoms with Crippen LogP contribution in [0.25, 0.3) is 0 Å². The molecular weight excluding hydrogens is 288 g/mol. The Labute approximate surface area is 108 Å². The molecule has 0 aromatic carbocycles. The fraction of sp³-hybridized carbons (Fsp3) is 1.00. The molecule has 0 aliphatic carbocycles. The smallest absolute Gasteiger partial charge is 0.391 e. The summed E-state index contributed by atoms with van der Waals surface area (Å²) < 4.78 is 33.0. The number of rotatable bonds is 6. The molecule has 1 saturated heterocycles. The van der Waals surface area contributed by atoms with E-state index in [1.807, 2.05) is 0 Å². The molecule has 0 bridgehead atoms. The van der Waals surface area contributed by atoms with Crippen molar-refractivity contribution in [2.24, 2.45) is 0 Å². The van der Waals surface area contributed by atoms with Crippen LogP contribution in [0.3, 0.4) is 0 Å². The maximum atomic E-state index is 10.3. The van der Waals surface area contributed by atoms with Gasteiger partial charge in [-0.25, -0.2) is 4.18 Å². The van der Waals surface area contributed by atoms with Gasteiger partial charge in [0.15, 0.2) is 5.25 Å². The third-order valence-corrected chi connectivity index (χ3v) is 5.88. The zero-order valence-electron chi connectivity index (χ0n) is 9.42. The Morgan fingerprint density at radius 3 is 2.50 bits per heavy atom. The minimum Gasteiger partial charge on any atom is -0.391 e. The lowest BCUT2D eigenvalue weighted by Crippen LogP contribution is -2.37. The molecule has 1 rings (SSSR count). The molecule has 108 valence electrons. The van der Waals surface area contributed by atoms with Crippen molar-refractivity contribution in [3.05, 3.63) is 0 Å². The minimum absolute atomic E-state index is 0.0782. The second-order valence-corrected chi connectivity index (χ2v) is 7.45. The Morgan fingerprint density at radius 1 is 1.39 bits per heavy atom. The molecule has 0 aromatic rings. The van der Waals surface area contributed by atoms with E-state index in [0.717, 1.165) is 0 Å². The van der Waals surface area contributed by atoms with Gasteiger partial charge in [0.1, 0.15) is 29.8 Å². The maximum Gasteiger partial charge on any atom is 0.397 e. The van der Waals surface area contributed by atoms with Crippen LogP contribution in [0.1, 0.15) is 0 Å². The molecule has 0 aromatic heterocycles. The van der Waals surface area contributed by atoms with Crippen molar-refractivity contribution in [3.63, 3.8) is 0 Å². The van der Waals surface area contributed by atoms with Crippen LogP contribution in [-0.4, -0.2) is 81.7 Å². The molecule has 1 heterocycles. The van der Waals surface area contributed by atoms with Crippen LogP contribution >= 0.6 is 0 Å². The standard InChI is InChI=1S/C8H16O8S2/c9-1-7-8(12)6(11)4-17(7)3-5(10)2-16-18(13,14)15/h5-12H,1-4H2/p+1/t5-,6+,7+,8-,17+/m0/s1.